The molecule has 128 valence electrons. The summed E-state index contributed by atoms with van der Waals surface area (Å²) in [5.41, 5.74) is 0.0238. The van der Waals surface area contributed by atoms with Gasteiger partial charge in [0.2, 0.25) is 5.91 Å². The van der Waals surface area contributed by atoms with E-state index in [-0.39, 0.29) is 18.4 Å². The Hall–Kier alpha value is -1.93. The summed E-state index contributed by atoms with van der Waals surface area (Å²) < 4.78 is 6.17. The van der Waals surface area contributed by atoms with Gasteiger partial charge in [0.25, 0.3) is 5.91 Å². The molecule has 1 spiro atoms. The van der Waals surface area contributed by atoms with Gasteiger partial charge in [0, 0.05) is 37.1 Å². The van der Waals surface area contributed by atoms with Crippen LogP contribution in [0.25, 0.3) is 0 Å². The minimum Gasteiger partial charge on any atom is -0.381 e. The molecule has 0 radical (unpaired) electrons. The number of ether oxygens (including phenoxy) is 1. The molecule has 8 heteroatoms. The number of rotatable bonds is 4. The zero-order valence-corrected chi connectivity index (χ0v) is 14.6. The van der Waals surface area contributed by atoms with Crippen LogP contribution in [0.1, 0.15) is 18.4 Å². The molecule has 3 rings (SSSR count). The second kappa shape index (κ2) is 6.90. The number of carbonyl (C=O) groups excluding carboxylic acids is 3. The molecule has 2 aliphatic rings. The fraction of sp³-hybridized carbons (Fsp3) is 0.438. The van der Waals surface area contributed by atoms with Crippen LogP contribution in [0.3, 0.4) is 0 Å². The number of halogens is 1. The molecule has 0 atom stereocenters. The highest BCUT2D eigenvalue weighted by Gasteiger charge is 2.52. The third kappa shape index (κ3) is 3.44. The first-order chi connectivity index (χ1) is 11.5. The lowest BCUT2D eigenvalue weighted by molar-refractivity contribution is -0.137. The van der Waals surface area contributed by atoms with Crippen molar-refractivity contribution in [3.8, 4) is 0 Å². The Morgan fingerprint density at radius 3 is 2.79 bits per heavy atom. The normalized spacial score (nSPS) is 19.5. The number of imide groups is 1. The van der Waals surface area contributed by atoms with Gasteiger partial charge in [0.1, 0.15) is 12.1 Å². The van der Waals surface area contributed by atoms with Gasteiger partial charge in [-0.15, -0.1) is 0 Å². The van der Waals surface area contributed by atoms with Crippen molar-refractivity contribution in [1.82, 2.24) is 15.5 Å². The van der Waals surface area contributed by atoms with Crippen LogP contribution >= 0.6 is 15.9 Å². The highest BCUT2D eigenvalue weighted by Crippen LogP contribution is 2.28. The van der Waals surface area contributed by atoms with Gasteiger partial charge in [-0.05, 0) is 17.7 Å². The van der Waals surface area contributed by atoms with Crippen LogP contribution in [0.4, 0.5) is 4.79 Å². The molecular weight excluding hydrogens is 378 g/mol. The highest BCUT2D eigenvalue weighted by atomic mass is 79.9. The summed E-state index contributed by atoms with van der Waals surface area (Å²) in [5, 5.41) is 5.45. The molecule has 2 N–H and O–H groups in total. The van der Waals surface area contributed by atoms with E-state index >= 15 is 0 Å². The Kier molecular flexibility index (Phi) is 4.86. The minimum absolute atomic E-state index is 0.277. The summed E-state index contributed by atoms with van der Waals surface area (Å²) >= 11 is 3.37. The average molecular weight is 396 g/mol. The summed E-state index contributed by atoms with van der Waals surface area (Å²) in [6.45, 7) is 0.909. The molecular formula is C16H18BrN3O4. The molecule has 1 aromatic rings. The Bertz CT molecular complexity index is 673. The van der Waals surface area contributed by atoms with Crippen molar-refractivity contribution in [2.24, 2.45) is 0 Å². The van der Waals surface area contributed by atoms with E-state index in [1.165, 1.54) is 0 Å². The van der Waals surface area contributed by atoms with Gasteiger partial charge < -0.3 is 15.4 Å². The molecule has 24 heavy (non-hydrogen) atoms. The van der Waals surface area contributed by atoms with Gasteiger partial charge >= 0.3 is 6.03 Å². The third-order valence-electron chi connectivity index (χ3n) is 4.27. The lowest BCUT2D eigenvalue weighted by Gasteiger charge is -2.30. The first-order valence-electron chi connectivity index (χ1n) is 7.73. The van der Waals surface area contributed by atoms with Gasteiger partial charge in [-0.25, -0.2) is 4.79 Å². The molecule has 0 bridgehead atoms. The van der Waals surface area contributed by atoms with E-state index in [0.29, 0.717) is 32.6 Å². The van der Waals surface area contributed by atoms with Crippen molar-refractivity contribution in [3.05, 3.63) is 34.3 Å². The number of benzene rings is 1. The number of hydrogen-bond donors (Lipinski definition) is 2. The molecule has 2 heterocycles. The van der Waals surface area contributed by atoms with Crippen LogP contribution in [0.15, 0.2) is 28.7 Å². The molecule has 0 aliphatic carbocycles. The standard InChI is InChI=1S/C16H18BrN3O4/c17-12-3-1-2-11(8-12)9-18-13(21)10-20-14(22)16(19-15(20)23)4-6-24-7-5-16/h1-3,8H,4-7,9-10H2,(H,18,21)(H,19,23). The number of urea groups is 1. The Balaban J connectivity index is 1.58. The summed E-state index contributed by atoms with van der Waals surface area (Å²) in [6, 6.07) is 7.03. The van der Waals surface area contributed by atoms with Crippen molar-refractivity contribution in [3.63, 3.8) is 0 Å². The van der Waals surface area contributed by atoms with Gasteiger partial charge in [0.15, 0.2) is 0 Å². The topological polar surface area (TPSA) is 87.7 Å². The zero-order chi connectivity index (χ0) is 17.2. The van der Waals surface area contributed by atoms with Crippen molar-refractivity contribution in [2.75, 3.05) is 19.8 Å². The van der Waals surface area contributed by atoms with Crippen molar-refractivity contribution in [1.29, 1.82) is 0 Å². The van der Waals surface area contributed by atoms with Crippen LogP contribution in [-0.2, 0) is 20.9 Å². The van der Waals surface area contributed by atoms with Gasteiger partial charge in [0.05, 0.1) is 0 Å². The summed E-state index contributed by atoms with van der Waals surface area (Å²) in [5.74, 6) is -0.712. The Morgan fingerprint density at radius 1 is 1.33 bits per heavy atom. The van der Waals surface area contributed by atoms with Gasteiger partial charge in [-0.1, -0.05) is 28.1 Å². The van der Waals surface area contributed by atoms with Crippen LogP contribution in [0.2, 0.25) is 0 Å². The smallest absolute Gasteiger partial charge is 0.325 e. The van der Waals surface area contributed by atoms with E-state index in [4.69, 9.17) is 4.74 Å². The first kappa shape index (κ1) is 16.9. The number of amides is 4. The second-order valence-corrected chi connectivity index (χ2v) is 6.84. The molecule has 2 fully saturated rings. The maximum absolute atomic E-state index is 12.5. The lowest BCUT2D eigenvalue weighted by Crippen LogP contribution is -2.51. The number of nitrogens with one attached hydrogen (secondary N) is 2. The largest absolute Gasteiger partial charge is 0.381 e. The predicted octanol–water partition coefficient (Wildman–Crippen LogP) is 1.17. The molecule has 4 amide bonds. The third-order valence-corrected chi connectivity index (χ3v) is 4.77. The van der Waals surface area contributed by atoms with E-state index in [0.717, 1.165) is 14.9 Å². The quantitative estimate of drug-likeness (QED) is 0.748. The average Bonchev–Trinajstić information content (AvgIpc) is 2.78. The lowest BCUT2D eigenvalue weighted by atomic mass is 9.90. The molecule has 7 nitrogen and oxygen atoms in total. The summed E-state index contributed by atoms with van der Waals surface area (Å²) in [6.07, 6.45) is 0.876. The maximum Gasteiger partial charge on any atom is 0.325 e. The van der Waals surface area contributed by atoms with Crippen LogP contribution in [-0.4, -0.2) is 48.0 Å². The molecule has 2 aliphatic heterocycles. The van der Waals surface area contributed by atoms with E-state index in [1.807, 2.05) is 24.3 Å². The fourth-order valence-electron chi connectivity index (χ4n) is 2.93. The zero-order valence-electron chi connectivity index (χ0n) is 13.0. The maximum atomic E-state index is 12.5. The van der Waals surface area contributed by atoms with Gasteiger partial charge in [-0.2, -0.15) is 0 Å². The second-order valence-electron chi connectivity index (χ2n) is 5.92. The number of hydrogen-bond acceptors (Lipinski definition) is 4. The van der Waals surface area contributed by atoms with Crippen molar-refractivity contribution >= 4 is 33.8 Å². The Labute approximate surface area is 147 Å². The van der Waals surface area contributed by atoms with Crippen LogP contribution in [0.5, 0.6) is 0 Å². The number of nitrogens with zero attached hydrogens (tertiary/aromatic N) is 1. The van der Waals surface area contributed by atoms with E-state index in [2.05, 4.69) is 26.6 Å². The van der Waals surface area contributed by atoms with E-state index < -0.39 is 11.6 Å². The van der Waals surface area contributed by atoms with Gasteiger partial charge in [-0.3, -0.25) is 14.5 Å². The molecule has 1 aromatic carbocycles. The highest BCUT2D eigenvalue weighted by molar-refractivity contribution is 9.10. The molecule has 0 aromatic heterocycles. The van der Waals surface area contributed by atoms with E-state index in [1.54, 1.807) is 0 Å². The number of carbonyl (C=O) groups is 3. The van der Waals surface area contributed by atoms with Crippen molar-refractivity contribution < 1.29 is 19.1 Å². The predicted molar refractivity (Wildman–Crippen MR) is 89.0 cm³/mol. The molecule has 0 unspecified atom stereocenters. The SMILES string of the molecule is O=C(CN1C(=O)NC2(CCOCC2)C1=O)NCc1cccc(Br)c1. The summed E-state index contributed by atoms with van der Waals surface area (Å²) in [4.78, 5) is 37.7. The molecule has 0 saturated carbocycles. The molecule has 2 saturated heterocycles. The minimum atomic E-state index is -0.903. The van der Waals surface area contributed by atoms with E-state index in [9.17, 15) is 14.4 Å². The first-order valence-corrected chi connectivity index (χ1v) is 8.52. The van der Waals surface area contributed by atoms with Crippen LogP contribution in [0, 0.1) is 0 Å². The Morgan fingerprint density at radius 2 is 2.08 bits per heavy atom. The fourth-order valence-corrected chi connectivity index (χ4v) is 3.37. The van der Waals surface area contributed by atoms with Crippen molar-refractivity contribution in [2.45, 2.75) is 24.9 Å². The monoisotopic (exact) mass is 395 g/mol. The summed E-state index contributed by atoms with van der Waals surface area (Å²) in [7, 11) is 0. The van der Waals surface area contributed by atoms with Crippen LogP contribution < -0.4 is 10.6 Å².